The SMILES string of the molecule is CC1(C)[C@H]2Cc3nc(-c4ccccc4F)ccc3[C@@H]1C2. The predicted octanol–water partition coefficient (Wildman–Crippen LogP) is 4.57. The fourth-order valence-corrected chi connectivity index (χ4v) is 3.94. The van der Waals surface area contributed by atoms with Crippen LogP contribution in [0.3, 0.4) is 0 Å². The topological polar surface area (TPSA) is 12.9 Å². The summed E-state index contributed by atoms with van der Waals surface area (Å²) >= 11 is 0. The van der Waals surface area contributed by atoms with Gasteiger partial charge in [-0.1, -0.05) is 32.0 Å². The molecule has 2 aromatic rings. The summed E-state index contributed by atoms with van der Waals surface area (Å²) < 4.78 is 13.9. The van der Waals surface area contributed by atoms with E-state index < -0.39 is 0 Å². The third-order valence-corrected chi connectivity index (χ3v) is 5.44. The van der Waals surface area contributed by atoms with Crippen molar-refractivity contribution in [2.75, 3.05) is 0 Å². The van der Waals surface area contributed by atoms with E-state index in [9.17, 15) is 4.39 Å². The first-order valence-corrected chi connectivity index (χ1v) is 7.32. The molecule has 0 unspecified atom stereocenters. The third-order valence-electron chi connectivity index (χ3n) is 5.44. The molecule has 102 valence electrons. The summed E-state index contributed by atoms with van der Waals surface area (Å²) in [5, 5.41) is 0. The van der Waals surface area contributed by atoms with Crippen LogP contribution in [0, 0.1) is 17.2 Å². The standard InChI is InChI=1S/C18H18FN/c1-18(2)11-9-14(18)12-7-8-16(20-17(12)10-11)13-5-3-4-6-15(13)19/h3-8,11,14H,9-10H2,1-2H3/t11-,14+/m1/s1. The number of aromatic nitrogens is 1. The molecule has 1 aromatic heterocycles. The molecule has 0 spiro atoms. The van der Waals surface area contributed by atoms with Crippen molar-refractivity contribution in [2.45, 2.75) is 32.6 Å². The van der Waals surface area contributed by atoms with E-state index in [0.717, 1.165) is 18.0 Å². The normalized spacial score (nSPS) is 25.8. The van der Waals surface area contributed by atoms with Crippen molar-refractivity contribution in [2.24, 2.45) is 11.3 Å². The van der Waals surface area contributed by atoms with Crippen LogP contribution < -0.4 is 0 Å². The molecule has 0 N–H and O–H groups in total. The second kappa shape index (κ2) is 3.91. The van der Waals surface area contributed by atoms with Crippen LogP contribution in [0.15, 0.2) is 36.4 Å². The molecule has 1 aromatic carbocycles. The van der Waals surface area contributed by atoms with Gasteiger partial charge in [0, 0.05) is 11.3 Å². The van der Waals surface area contributed by atoms with Crippen molar-refractivity contribution < 1.29 is 4.39 Å². The average molecular weight is 267 g/mol. The Bertz CT molecular complexity index is 690. The lowest BCUT2D eigenvalue weighted by atomic mass is 9.48. The summed E-state index contributed by atoms with van der Waals surface area (Å²) in [7, 11) is 0. The van der Waals surface area contributed by atoms with E-state index in [1.165, 1.54) is 23.7 Å². The first-order chi connectivity index (χ1) is 9.57. The van der Waals surface area contributed by atoms with E-state index in [-0.39, 0.29) is 5.82 Å². The van der Waals surface area contributed by atoms with Crippen molar-refractivity contribution in [3.63, 3.8) is 0 Å². The minimum absolute atomic E-state index is 0.193. The van der Waals surface area contributed by atoms with Gasteiger partial charge < -0.3 is 0 Å². The van der Waals surface area contributed by atoms with Crippen molar-refractivity contribution >= 4 is 0 Å². The van der Waals surface area contributed by atoms with E-state index in [2.05, 4.69) is 19.9 Å². The van der Waals surface area contributed by atoms with Gasteiger partial charge in [0.25, 0.3) is 0 Å². The molecule has 5 rings (SSSR count). The van der Waals surface area contributed by atoms with Gasteiger partial charge in [0.15, 0.2) is 0 Å². The van der Waals surface area contributed by atoms with Gasteiger partial charge in [-0.15, -0.1) is 0 Å². The molecule has 0 saturated heterocycles. The molecule has 3 aliphatic rings. The highest BCUT2D eigenvalue weighted by Crippen LogP contribution is 2.61. The zero-order valence-corrected chi connectivity index (χ0v) is 11.9. The lowest BCUT2D eigenvalue weighted by molar-refractivity contribution is 0.0170. The van der Waals surface area contributed by atoms with Crippen molar-refractivity contribution in [1.82, 2.24) is 4.98 Å². The van der Waals surface area contributed by atoms with E-state index in [0.29, 0.717) is 16.9 Å². The largest absolute Gasteiger partial charge is 0.252 e. The van der Waals surface area contributed by atoms with Crippen LogP contribution in [0.4, 0.5) is 4.39 Å². The van der Waals surface area contributed by atoms with E-state index in [1.54, 1.807) is 12.1 Å². The van der Waals surface area contributed by atoms with Crippen molar-refractivity contribution in [1.29, 1.82) is 0 Å². The Morgan fingerprint density at radius 2 is 1.95 bits per heavy atom. The summed E-state index contributed by atoms with van der Waals surface area (Å²) in [4.78, 5) is 4.75. The molecule has 2 heteroatoms. The third kappa shape index (κ3) is 1.51. The number of halogens is 1. The maximum absolute atomic E-state index is 13.9. The van der Waals surface area contributed by atoms with E-state index in [4.69, 9.17) is 4.98 Å². The fraction of sp³-hybridized carbons (Fsp3) is 0.389. The maximum atomic E-state index is 13.9. The highest BCUT2D eigenvalue weighted by atomic mass is 19.1. The Kier molecular flexibility index (Phi) is 2.36. The molecule has 0 radical (unpaired) electrons. The van der Waals surface area contributed by atoms with E-state index >= 15 is 0 Å². The lowest BCUT2D eigenvalue weighted by Crippen LogP contribution is -2.48. The first-order valence-electron chi connectivity index (χ1n) is 7.32. The molecule has 3 aliphatic carbocycles. The molecule has 20 heavy (non-hydrogen) atoms. The molecule has 2 bridgehead atoms. The lowest BCUT2D eigenvalue weighted by Gasteiger charge is -2.56. The maximum Gasteiger partial charge on any atom is 0.132 e. The Morgan fingerprint density at radius 3 is 2.70 bits per heavy atom. The molecule has 0 amide bonds. The molecular weight excluding hydrogens is 249 g/mol. The first kappa shape index (κ1) is 12.1. The zero-order chi connectivity index (χ0) is 13.9. The Labute approximate surface area is 118 Å². The van der Waals surface area contributed by atoms with Crippen LogP contribution in [0.25, 0.3) is 11.3 Å². The number of hydrogen-bond donors (Lipinski definition) is 0. The second-order valence-corrected chi connectivity index (χ2v) is 6.72. The summed E-state index contributed by atoms with van der Waals surface area (Å²) in [6.07, 6.45) is 2.34. The van der Waals surface area contributed by atoms with Gasteiger partial charge in [0.2, 0.25) is 0 Å². The molecule has 1 saturated carbocycles. The van der Waals surface area contributed by atoms with Gasteiger partial charge in [0.05, 0.1) is 5.69 Å². The van der Waals surface area contributed by atoms with Crippen LogP contribution >= 0.6 is 0 Å². The van der Waals surface area contributed by atoms with Gasteiger partial charge in [-0.05, 0) is 53.9 Å². The number of rotatable bonds is 1. The zero-order valence-electron chi connectivity index (χ0n) is 11.9. The highest BCUT2D eigenvalue weighted by Gasteiger charge is 2.52. The summed E-state index contributed by atoms with van der Waals surface area (Å²) in [6, 6.07) is 11.0. The number of hydrogen-bond acceptors (Lipinski definition) is 1. The smallest absolute Gasteiger partial charge is 0.132 e. The van der Waals surface area contributed by atoms with Crippen LogP contribution in [0.5, 0.6) is 0 Å². The molecule has 2 atom stereocenters. The van der Waals surface area contributed by atoms with Crippen LogP contribution in [-0.2, 0) is 6.42 Å². The van der Waals surface area contributed by atoms with Crippen LogP contribution in [0.1, 0.15) is 37.4 Å². The average Bonchev–Trinajstić information content (AvgIpc) is 2.46. The van der Waals surface area contributed by atoms with Crippen LogP contribution in [-0.4, -0.2) is 4.98 Å². The molecule has 1 heterocycles. The van der Waals surface area contributed by atoms with Crippen LogP contribution in [0.2, 0.25) is 0 Å². The van der Waals surface area contributed by atoms with Gasteiger partial charge in [-0.2, -0.15) is 0 Å². The second-order valence-electron chi connectivity index (χ2n) is 6.72. The summed E-state index contributed by atoms with van der Waals surface area (Å²) in [6.45, 7) is 4.72. The number of benzene rings is 1. The monoisotopic (exact) mass is 267 g/mol. The molecule has 1 nitrogen and oxygen atoms in total. The minimum atomic E-state index is -0.193. The number of nitrogens with zero attached hydrogens (tertiary/aromatic N) is 1. The Hall–Kier alpha value is -1.70. The van der Waals surface area contributed by atoms with Gasteiger partial charge in [0.1, 0.15) is 5.82 Å². The van der Waals surface area contributed by atoms with Crippen molar-refractivity contribution in [3.8, 4) is 11.3 Å². The molecule has 0 aliphatic heterocycles. The summed E-state index contributed by atoms with van der Waals surface area (Å²) in [5.41, 5.74) is 4.35. The van der Waals surface area contributed by atoms with Gasteiger partial charge >= 0.3 is 0 Å². The van der Waals surface area contributed by atoms with Gasteiger partial charge in [-0.3, -0.25) is 4.98 Å². The molecule has 1 fully saturated rings. The Morgan fingerprint density at radius 1 is 1.15 bits per heavy atom. The number of pyridine rings is 1. The van der Waals surface area contributed by atoms with Gasteiger partial charge in [-0.25, -0.2) is 4.39 Å². The quantitative estimate of drug-likeness (QED) is 0.737. The Balaban J connectivity index is 1.79. The van der Waals surface area contributed by atoms with Crippen molar-refractivity contribution in [3.05, 3.63) is 53.5 Å². The minimum Gasteiger partial charge on any atom is -0.252 e. The molecular formula is C18H18FN. The highest BCUT2D eigenvalue weighted by molar-refractivity contribution is 5.61. The predicted molar refractivity (Wildman–Crippen MR) is 78.0 cm³/mol. The summed E-state index contributed by atoms with van der Waals surface area (Å²) in [5.74, 6) is 1.18. The fourth-order valence-electron chi connectivity index (χ4n) is 3.94. The van der Waals surface area contributed by atoms with E-state index in [1.807, 2.05) is 12.1 Å².